The predicted octanol–water partition coefficient (Wildman–Crippen LogP) is 4.50. The number of carbonyl (C=O) groups is 2. The number of rotatable bonds is 5. The Morgan fingerprint density at radius 1 is 1.31 bits per heavy atom. The molecule has 0 fully saturated rings. The lowest BCUT2D eigenvalue weighted by Gasteiger charge is -2.36. The van der Waals surface area contributed by atoms with Crippen LogP contribution < -0.4 is 5.32 Å². The number of thiophene rings is 1. The molecule has 2 aromatic rings. The van der Waals surface area contributed by atoms with Crippen LogP contribution in [0.4, 0.5) is 0 Å². The van der Waals surface area contributed by atoms with Gasteiger partial charge in [-0.15, -0.1) is 11.3 Å². The number of carbonyl (C=O) groups excluding carboxylic acids is 2. The van der Waals surface area contributed by atoms with E-state index in [1.54, 1.807) is 23.5 Å². The molecule has 0 unspecified atom stereocenters. The van der Waals surface area contributed by atoms with Gasteiger partial charge in [0.25, 0.3) is 0 Å². The Morgan fingerprint density at radius 3 is 2.69 bits per heavy atom. The second-order valence-electron chi connectivity index (χ2n) is 6.57. The average molecular weight is 391 g/mol. The largest absolute Gasteiger partial charge is 0.349 e. The molecule has 6 heteroatoms. The third kappa shape index (κ3) is 4.10. The second-order valence-corrected chi connectivity index (χ2v) is 8.01. The van der Waals surface area contributed by atoms with Crippen molar-refractivity contribution in [1.82, 2.24) is 10.2 Å². The van der Waals surface area contributed by atoms with E-state index < -0.39 is 0 Å². The molecule has 1 aromatic heterocycles. The van der Waals surface area contributed by atoms with Crippen LogP contribution in [-0.2, 0) is 16.0 Å². The summed E-state index contributed by atoms with van der Waals surface area (Å²) in [5.41, 5.74) is 2.17. The van der Waals surface area contributed by atoms with Gasteiger partial charge in [-0.1, -0.05) is 30.7 Å². The summed E-state index contributed by atoms with van der Waals surface area (Å²) in [5.74, 6) is -0.0778. The second kappa shape index (κ2) is 8.23. The first-order chi connectivity index (χ1) is 12.5. The zero-order valence-corrected chi connectivity index (χ0v) is 16.6. The molecular formula is C20H23ClN2O2S. The molecule has 2 amide bonds. The van der Waals surface area contributed by atoms with Crippen molar-refractivity contribution in [3.63, 3.8) is 0 Å². The van der Waals surface area contributed by atoms with E-state index in [0.717, 1.165) is 24.9 Å². The van der Waals surface area contributed by atoms with E-state index in [0.29, 0.717) is 5.02 Å². The monoisotopic (exact) mass is 390 g/mol. The van der Waals surface area contributed by atoms with Crippen LogP contribution in [0.3, 0.4) is 0 Å². The molecule has 2 heterocycles. The summed E-state index contributed by atoms with van der Waals surface area (Å²) in [7, 11) is 0. The lowest BCUT2D eigenvalue weighted by molar-refractivity contribution is -0.135. The predicted molar refractivity (Wildman–Crippen MR) is 105 cm³/mol. The molecule has 1 aliphatic rings. The van der Waals surface area contributed by atoms with Gasteiger partial charge in [-0.3, -0.25) is 9.59 Å². The van der Waals surface area contributed by atoms with Crippen LogP contribution in [0.5, 0.6) is 0 Å². The van der Waals surface area contributed by atoms with Gasteiger partial charge >= 0.3 is 0 Å². The summed E-state index contributed by atoms with van der Waals surface area (Å²) in [6, 6.07) is 9.20. The highest BCUT2D eigenvalue weighted by Crippen LogP contribution is 2.36. The van der Waals surface area contributed by atoms with Gasteiger partial charge in [0.2, 0.25) is 11.8 Å². The summed E-state index contributed by atoms with van der Waals surface area (Å²) in [6.45, 7) is 4.32. The number of fused-ring (bicyclic) bond motifs is 1. The van der Waals surface area contributed by atoms with E-state index in [4.69, 9.17) is 11.6 Å². The fourth-order valence-corrected chi connectivity index (χ4v) is 4.67. The van der Waals surface area contributed by atoms with Crippen LogP contribution >= 0.6 is 22.9 Å². The van der Waals surface area contributed by atoms with Crippen LogP contribution in [0, 0.1) is 0 Å². The van der Waals surface area contributed by atoms with E-state index in [9.17, 15) is 9.59 Å². The summed E-state index contributed by atoms with van der Waals surface area (Å²) >= 11 is 7.73. The maximum Gasteiger partial charge on any atom is 0.225 e. The molecule has 0 radical (unpaired) electrons. The van der Waals surface area contributed by atoms with Gasteiger partial charge in [0, 0.05) is 23.4 Å². The van der Waals surface area contributed by atoms with Crippen LogP contribution in [0.1, 0.15) is 54.8 Å². The van der Waals surface area contributed by atoms with Crippen molar-refractivity contribution >= 4 is 34.8 Å². The molecule has 1 aliphatic heterocycles. The van der Waals surface area contributed by atoms with E-state index >= 15 is 0 Å². The minimum atomic E-state index is -0.348. The highest BCUT2D eigenvalue weighted by Gasteiger charge is 2.31. The Labute approximate surface area is 163 Å². The van der Waals surface area contributed by atoms with Crippen molar-refractivity contribution in [1.29, 1.82) is 0 Å². The van der Waals surface area contributed by atoms with Crippen molar-refractivity contribution in [3.05, 3.63) is 56.7 Å². The highest BCUT2D eigenvalue weighted by molar-refractivity contribution is 7.10. The quantitative estimate of drug-likeness (QED) is 0.816. The van der Waals surface area contributed by atoms with Crippen molar-refractivity contribution in [2.24, 2.45) is 0 Å². The van der Waals surface area contributed by atoms with Gasteiger partial charge in [-0.05, 0) is 47.5 Å². The van der Waals surface area contributed by atoms with E-state index in [1.807, 2.05) is 17.0 Å². The number of halogens is 1. The van der Waals surface area contributed by atoms with Crippen LogP contribution in [-0.4, -0.2) is 23.3 Å². The molecule has 0 saturated heterocycles. The number of amides is 2. The molecule has 0 saturated carbocycles. The zero-order chi connectivity index (χ0) is 18.7. The lowest BCUT2D eigenvalue weighted by atomic mass is 9.96. The van der Waals surface area contributed by atoms with Gasteiger partial charge in [0.15, 0.2) is 0 Å². The lowest BCUT2D eigenvalue weighted by Crippen LogP contribution is -2.41. The summed E-state index contributed by atoms with van der Waals surface area (Å²) in [4.78, 5) is 28.1. The highest BCUT2D eigenvalue weighted by atomic mass is 35.5. The molecule has 138 valence electrons. The van der Waals surface area contributed by atoms with Gasteiger partial charge in [-0.2, -0.15) is 0 Å². The smallest absolute Gasteiger partial charge is 0.225 e. The summed E-state index contributed by atoms with van der Waals surface area (Å²) in [6.07, 6.45) is 2.04. The Morgan fingerprint density at radius 2 is 2.04 bits per heavy atom. The zero-order valence-electron chi connectivity index (χ0n) is 15.0. The minimum absolute atomic E-state index is 0.0717. The molecule has 26 heavy (non-hydrogen) atoms. The maximum atomic E-state index is 13.1. The fraction of sp³-hybridized carbons (Fsp3) is 0.400. The summed E-state index contributed by atoms with van der Waals surface area (Å²) < 4.78 is 0. The first kappa shape index (κ1) is 18.9. The number of nitrogens with zero attached hydrogens (tertiary/aromatic N) is 1. The van der Waals surface area contributed by atoms with Crippen molar-refractivity contribution in [3.8, 4) is 0 Å². The minimum Gasteiger partial charge on any atom is -0.349 e. The molecule has 1 aromatic carbocycles. The van der Waals surface area contributed by atoms with Crippen LogP contribution in [0.15, 0.2) is 35.7 Å². The van der Waals surface area contributed by atoms with E-state index in [2.05, 4.69) is 23.7 Å². The van der Waals surface area contributed by atoms with Crippen molar-refractivity contribution in [2.75, 3.05) is 6.54 Å². The number of hydrogen-bond acceptors (Lipinski definition) is 3. The Balaban J connectivity index is 1.79. The Kier molecular flexibility index (Phi) is 5.99. The fourth-order valence-electron chi connectivity index (χ4n) is 3.62. The molecule has 1 N–H and O–H groups in total. The molecule has 4 nitrogen and oxygen atoms in total. The molecule has 0 bridgehead atoms. The standard InChI is InChI=1S/C20H23ClN2O2S/c1-3-18-16-9-11-26-19(16)8-10-23(18)20(25)12-17(22-13(2)24)14-4-6-15(21)7-5-14/h4-7,9,11,17-18H,3,8,10,12H2,1-2H3,(H,22,24)/t17-,18-/m0/s1. The third-order valence-electron chi connectivity index (χ3n) is 4.83. The van der Waals surface area contributed by atoms with E-state index in [-0.39, 0.29) is 30.3 Å². The Hall–Kier alpha value is -1.85. The van der Waals surface area contributed by atoms with Crippen LogP contribution in [0.2, 0.25) is 5.02 Å². The van der Waals surface area contributed by atoms with E-state index in [1.165, 1.54) is 17.4 Å². The molecule has 3 rings (SSSR count). The molecule has 0 spiro atoms. The number of hydrogen-bond donors (Lipinski definition) is 1. The topological polar surface area (TPSA) is 49.4 Å². The van der Waals surface area contributed by atoms with Gasteiger partial charge in [-0.25, -0.2) is 0 Å². The molecule has 0 aliphatic carbocycles. The average Bonchev–Trinajstić information content (AvgIpc) is 3.09. The molecular weight excluding hydrogens is 368 g/mol. The van der Waals surface area contributed by atoms with Crippen molar-refractivity contribution in [2.45, 2.75) is 45.2 Å². The summed E-state index contributed by atoms with van der Waals surface area (Å²) in [5, 5.41) is 5.64. The number of benzene rings is 1. The van der Waals surface area contributed by atoms with Gasteiger partial charge in [0.05, 0.1) is 18.5 Å². The first-order valence-electron chi connectivity index (χ1n) is 8.88. The normalized spacial score (nSPS) is 17.5. The maximum absolute atomic E-state index is 13.1. The van der Waals surface area contributed by atoms with Gasteiger partial charge < -0.3 is 10.2 Å². The molecule has 2 atom stereocenters. The Bertz CT molecular complexity index is 787. The van der Waals surface area contributed by atoms with Crippen LogP contribution in [0.25, 0.3) is 0 Å². The third-order valence-corrected chi connectivity index (χ3v) is 6.08. The van der Waals surface area contributed by atoms with Crippen molar-refractivity contribution < 1.29 is 9.59 Å². The SMILES string of the molecule is CC[C@H]1c2ccsc2CCN1C(=O)C[C@H](NC(C)=O)c1ccc(Cl)cc1. The first-order valence-corrected chi connectivity index (χ1v) is 10.1. The van der Waals surface area contributed by atoms with Gasteiger partial charge in [0.1, 0.15) is 0 Å². The number of nitrogens with one attached hydrogen (secondary N) is 1.